The Balaban J connectivity index is 1.95. The third-order valence-electron chi connectivity index (χ3n) is 4.08. The largest absolute Gasteiger partial charge is 0.468 e. The average Bonchev–Trinajstić information content (AvgIpc) is 2.97. The number of amides is 1. The number of carbonyl (C=O) groups excluding carboxylic acids is 2. The number of aromatic nitrogens is 1. The van der Waals surface area contributed by atoms with Crippen molar-refractivity contribution in [2.24, 2.45) is 4.99 Å². The van der Waals surface area contributed by atoms with E-state index in [1.807, 2.05) is 25.1 Å². The summed E-state index contributed by atoms with van der Waals surface area (Å²) in [6, 6.07) is 11.5. The fraction of sp³-hybridized carbons (Fsp3) is 0.211. The average molecular weight is 399 g/mol. The molecular formula is C19H17N3O5S. The number of benzene rings is 2. The Kier molecular flexibility index (Phi) is 5.65. The molecular weight excluding hydrogens is 382 g/mol. The van der Waals surface area contributed by atoms with Crippen LogP contribution in [0.25, 0.3) is 10.2 Å². The Morgan fingerprint density at radius 3 is 2.57 bits per heavy atom. The van der Waals surface area contributed by atoms with Crippen LogP contribution >= 0.6 is 11.3 Å². The number of carbonyl (C=O) groups is 2. The molecule has 3 aromatic rings. The van der Waals surface area contributed by atoms with E-state index in [4.69, 9.17) is 4.74 Å². The summed E-state index contributed by atoms with van der Waals surface area (Å²) in [5.74, 6) is -0.847. The predicted octanol–water partition coefficient (Wildman–Crippen LogP) is 2.76. The molecule has 0 aliphatic carbocycles. The highest BCUT2D eigenvalue weighted by Gasteiger charge is 2.12. The Bertz CT molecular complexity index is 1130. The van der Waals surface area contributed by atoms with Gasteiger partial charge in [0.15, 0.2) is 4.80 Å². The quantitative estimate of drug-likeness (QED) is 0.373. The number of nitro benzene ring substituents is 1. The van der Waals surface area contributed by atoms with Crippen molar-refractivity contribution in [3.8, 4) is 0 Å². The molecule has 0 atom stereocenters. The molecule has 0 unspecified atom stereocenters. The summed E-state index contributed by atoms with van der Waals surface area (Å²) in [5.41, 5.74) is 2.44. The lowest BCUT2D eigenvalue weighted by atomic mass is 10.1. The Hall–Kier alpha value is -3.33. The highest BCUT2D eigenvalue weighted by molar-refractivity contribution is 7.16. The van der Waals surface area contributed by atoms with Gasteiger partial charge in [-0.05, 0) is 30.2 Å². The maximum absolute atomic E-state index is 12.4. The monoisotopic (exact) mass is 399 g/mol. The molecule has 1 aromatic heterocycles. The van der Waals surface area contributed by atoms with Crippen LogP contribution in [0.1, 0.15) is 11.1 Å². The van der Waals surface area contributed by atoms with Gasteiger partial charge in [0.1, 0.15) is 6.54 Å². The number of thiazole rings is 1. The maximum Gasteiger partial charge on any atom is 0.325 e. The fourth-order valence-corrected chi connectivity index (χ4v) is 3.81. The smallest absolute Gasteiger partial charge is 0.325 e. The molecule has 0 aliphatic rings. The van der Waals surface area contributed by atoms with Crippen molar-refractivity contribution in [1.82, 2.24) is 4.57 Å². The van der Waals surface area contributed by atoms with Gasteiger partial charge in [-0.15, -0.1) is 0 Å². The highest BCUT2D eigenvalue weighted by Crippen LogP contribution is 2.19. The molecule has 0 fully saturated rings. The second kappa shape index (κ2) is 8.13. The third-order valence-corrected chi connectivity index (χ3v) is 5.12. The summed E-state index contributed by atoms with van der Waals surface area (Å²) >= 11 is 1.31. The van der Waals surface area contributed by atoms with E-state index in [-0.39, 0.29) is 18.7 Å². The van der Waals surface area contributed by atoms with E-state index in [2.05, 4.69) is 4.99 Å². The molecule has 0 saturated heterocycles. The zero-order valence-electron chi connectivity index (χ0n) is 15.2. The second-order valence-electron chi connectivity index (χ2n) is 6.12. The second-order valence-corrected chi connectivity index (χ2v) is 7.13. The zero-order valence-corrected chi connectivity index (χ0v) is 16.1. The molecule has 28 heavy (non-hydrogen) atoms. The number of non-ortho nitro benzene ring substituents is 1. The molecule has 0 saturated carbocycles. The number of rotatable bonds is 5. The molecule has 0 bridgehead atoms. The van der Waals surface area contributed by atoms with Gasteiger partial charge < -0.3 is 9.30 Å². The van der Waals surface area contributed by atoms with Crippen LogP contribution in [0.5, 0.6) is 0 Å². The van der Waals surface area contributed by atoms with E-state index in [9.17, 15) is 19.7 Å². The summed E-state index contributed by atoms with van der Waals surface area (Å²) < 4.78 is 7.31. The lowest BCUT2D eigenvalue weighted by Gasteiger charge is -2.04. The van der Waals surface area contributed by atoms with Crippen LogP contribution < -0.4 is 4.80 Å². The van der Waals surface area contributed by atoms with Crippen molar-refractivity contribution >= 4 is 39.1 Å². The minimum absolute atomic E-state index is 0.00346. The topological polar surface area (TPSA) is 104 Å². The maximum atomic E-state index is 12.4. The highest BCUT2D eigenvalue weighted by atomic mass is 32.1. The lowest BCUT2D eigenvalue weighted by Crippen LogP contribution is -2.22. The lowest BCUT2D eigenvalue weighted by molar-refractivity contribution is -0.384. The Labute approximate surface area is 163 Å². The molecule has 2 aromatic carbocycles. The number of fused-ring (bicyclic) bond motifs is 1. The first kappa shape index (κ1) is 19.4. The SMILES string of the molecule is COC(=O)Cn1c(=NC(=O)Cc2ccc([N+](=O)[O-])cc2)sc2cc(C)ccc21. The standard InChI is InChI=1S/C19H17N3O5S/c1-12-3-8-15-16(9-12)28-19(21(15)11-18(24)27-2)20-17(23)10-13-4-6-14(7-5-13)22(25)26/h3-9H,10-11H2,1-2H3. The third kappa shape index (κ3) is 4.32. The first-order valence-electron chi connectivity index (χ1n) is 8.35. The normalized spacial score (nSPS) is 11.6. The van der Waals surface area contributed by atoms with Crippen molar-refractivity contribution in [1.29, 1.82) is 0 Å². The molecule has 1 amide bonds. The molecule has 0 aliphatic heterocycles. The van der Waals surface area contributed by atoms with Gasteiger partial charge in [0, 0.05) is 12.1 Å². The minimum atomic E-state index is -0.495. The number of aryl methyl sites for hydroxylation is 1. The minimum Gasteiger partial charge on any atom is -0.468 e. The van der Waals surface area contributed by atoms with Crippen LogP contribution in [0.2, 0.25) is 0 Å². The number of nitrogens with zero attached hydrogens (tertiary/aromatic N) is 3. The Morgan fingerprint density at radius 1 is 1.21 bits per heavy atom. The summed E-state index contributed by atoms with van der Waals surface area (Å²) in [7, 11) is 1.30. The molecule has 1 heterocycles. The number of hydrogen-bond donors (Lipinski definition) is 0. The van der Waals surface area contributed by atoms with E-state index in [0.717, 1.165) is 15.8 Å². The van der Waals surface area contributed by atoms with Gasteiger partial charge in [0.05, 0.1) is 28.7 Å². The van der Waals surface area contributed by atoms with Gasteiger partial charge in [0.25, 0.3) is 11.6 Å². The van der Waals surface area contributed by atoms with Gasteiger partial charge in [-0.3, -0.25) is 19.7 Å². The van der Waals surface area contributed by atoms with E-state index in [0.29, 0.717) is 10.4 Å². The van der Waals surface area contributed by atoms with Crippen LogP contribution in [-0.2, 0) is 27.3 Å². The zero-order chi connectivity index (χ0) is 20.3. The van der Waals surface area contributed by atoms with E-state index in [1.54, 1.807) is 4.57 Å². The van der Waals surface area contributed by atoms with Crippen molar-refractivity contribution in [3.63, 3.8) is 0 Å². The van der Waals surface area contributed by atoms with Crippen LogP contribution in [0.15, 0.2) is 47.5 Å². The number of ether oxygens (including phenoxy) is 1. The number of hydrogen-bond acceptors (Lipinski definition) is 6. The first-order chi connectivity index (χ1) is 13.4. The van der Waals surface area contributed by atoms with Crippen LogP contribution in [-0.4, -0.2) is 28.5 Å². The van der Waals surface area contributed by atoms with Crippen molar-refractivity contribution in [2.75, 3.05) is 7.11 Å². The fourth-order valence-electron chi connectivity index (χ4n) is 2.67. The van der Waals surface area contributed by atoms with E-state index < -0.39 is 16.8 Å². The number of esters is 1. The van der Waals surface area contributed by atoms with Crippen molar-refractivity contribution in [3.05, 3.63) is 68.5 Å². The van der Waals surface area contributed by atoms with Crippen LogP contribution in [0.4, 0.5) is 5.69 Å². The molecule has 9 heteroatoms. The van der Waals surface area contributed by atoms with Gasteiger partial charge in [-0.2, -0.15) is 4.99 Å². The summed E-state index contributed by atoms with van der Waals surface area (Å²) in [6.45, 7) is 1.91. The Morgan fingerprint density at radius 2 is 1.93 bits per heavy atom. The number of nitro groups is 1. The van der Waals surface area contributed by atoms with Crippen molar-refractivity contribution in [2.45, 2.75) is 19.9 Å². The van der Waals surface area contributed by atoms with Crippen LogP contribution in [0, 0.1) is 17.0 Å². The van der Waals surface area contributed by atoms with Gasteiger partial charge >= 0.3 is 5.97 Å². The summed E-state index contributed by atoms with van der Waals surface area (Å²) in [5, 5.41) is 10.7. The molecule has 0 spiro atoms. The molecule has 3 rings (SSSR count). The van der Waals surface area contributed by atoms with Gasteiger partial charge in [-0.25, -0.2) is 0 Å². The van der Waals surface area contributed by atoms with Crippen molar-refractivity contribution < 1.29 is 19.2 Å². The van der Waals surface area contributed by atoms with E-state index in [1.165, 1.54) is 42.7 Å². The van der Waals surface area contributed by atoms with E-state index >= 15 is 0 Å². The van der Waals surface area contributed by atoms with Gasteiger partial charge in [0.2, 0.25) is 0 Å². The molecule has 0 N–H and O–H groups in total. The number of methoxy groups -OCH3 is 1. The molecule has 0 radical (unpaired) electrons. The molecule has 144 valence electrons. The first-order valence-corrected chi connectivity index (χ1v) is 9.16. The molecule has 8 nitrogen and oxygen atoms in total. The summed E-state index contributed by atoms with van der Waals surface area (Å²) in [6.07, 6.45) is 0.00346. The predicted molar refractivity (Wildman–Crippen MR) is 104 cm³/mol. The van der Waals surface area contributed by atoms with Crippen LogP contribution in [0.3, 0.4) is 0 Å². The van der Waals surface area contributed by atoms with Gasteiger partial charge in [-0.1, -0.05) is 29.5 Å². The summed E-state index contributed by atoms with van der Waals surface area (Å²) in [4.78, 5) is 39.0.